The van der Waals surface area contributed by atoms with Crippen LogP contribution in [0.25, 0.3) is 0 Å². The summed E-state index contributed by atoms with van der Waals surface area (Å²) >= 11 is 0. The standard InChI is InChI=1S/C17H26N4O2/c22-17(18-10-15-9-13-2-3-14(15)8-13)20-6-7-23-16(11-20)12-21-5-1-4-19-21/h1,4-5,13-16H,2-3,6-12H2,(H,18,22). The van der Waals surface area contributed by atoms with Crippen LogP contribution in [0.3, 0.4) is 0 Å². The molecule has 23 heavy (non-hydrogen) atoms. The van der Waals surface area contributed by atoms with Gasteiger partial charge in [0.2, 0.25) is 0 Å². The van der Waals surface area contributed by atoms with Crippen molar-refractivity contribution >= 4 is 6.03 Å². The van der Waals surface area contributed by atoms with Crippen molar-refractivity contribution in [2.75, 3.05) is 26.2 Å². The van der Waals surface area contributed by atoms with Crippen LogP contribution in [0.2, 0.25) is 0 Å². The summed E-state index contributed by atoms with van der Waals surface area (Å²) in [5.41, 5.74) is 0. The first kappa shape index (κ1) is 15.0. The van der Waals surface area contributed by atoms with E-state index in [-0.39, 0.29) is 12.1 Å². The van der Waals surface area contributed by atoms with Crippen LogP contribution in [-0.2, 0) is 11.3 Å². The molecule has 126 valence electrons. The van der Waals surface area contributed by atoms with Crippen molar-refractivity contribution < 1.29 is 9.53 Å². The Balaban J connectivity index is 1.24. The van der Waals surface area contributed by atoms with Crippen molar-refractivity contribution in [1.82, 2.24) is 20.0 Å². The van der Waals surface area contributed by atoms with Crippen LogP contribution in [0.5, 0.6) is 0 Å². The van der Waals surface area contributed by atoms with Crippen LogP contribution < -0.4 is 5.32 Å². The van der Waals surface area contributed by atoms with E-state index in [1.807, 2.05) is 21.8 Å². The molecule has 0 spiro atoms. The van der Waals surface area contributed by atoms with Gasteiger partial charge in [0, 0.05) is 25.5 Å². The molecule has 6 heteroatoms. The Morgan fingerprint density at radius 1 is 1.35 bits per heavy atom. The molecule has 4 unspecified atom stereocenters. The van der Waals surface area contributed by atoms with Crippen LogP contribution in [0.15, 0.2) is 18.5 Å². The molecule has 1 N–H and O–H groups in total. The summed E-state index contributed by atoms with van der Waals surface area (Å²) in [5, 5.41) is 7.38. The second kappa shape index (κ2) is 6.51. The molecular weight excluding hydrogens is 292 g/mol. The second-order valence-corrected chi connectivity index (χ2v) is 7.29. The minimum Gasteiger partial charge on any atom is -0.373 e. The maximum absolute atomic E-state index is 12.4. The fourth-order valence-corrected chi connectivity index (χ4v) is 4.59. The molecule has 3 fully saturated rings. The van der Waals surface area contributed by atoms with Gasteiger partial charge in [0.25, 0.3) is 0 Å². The quantitative estimate of drug-likeness (QED) is 0.920. The van der Waals surface area contributed by atoms with E-state index >= 15 is 0 Å². The number of carbonyl (C=O) groups is 1. The number of morpholine rings is 1. The topological polar surface area (TPSA) is 59.4 Å². The second-order valence-electron chi connectivity index (χ2n) is 7.29. The minimum atomic E-state index is 0.0249. The third-order valence-electron chi connectivity index (χ3n) is 5.78. The van der Waals surface area contributed by atoms with Gasteiger partial charge in [0.05, 0.1) is 25.8 Å². The normalized spacial score (nSPS) is 33.1. The van der Waals surface area contributed by atoms with Gasteiger partial charge in [-0.1, -0.05) is 6.42 Å². The number of hydrogen-bond acceptors (Lipinski definition) is 3. The number of aromatic nitrogens is 2. The molecule has 0 aromatic carbocycles. The highest BCUT2D eigenvalue weighted by Crippen LogP contribution is 2.47. The number of carbonyl (C=O) groups excluding carboxylic acids is 1. The first-order valence-electron chi connectivity index (χ1n) is 8.89. The maximum Gasteiger partial charge on any atom is 0.317 e. The van der Waals surface area contributed by atoms with Crippen molar-refractivity contribution in [2.45, 2.75) is 38.3 Å². The van der Waals surface area contributed by atoms with Crippen molar-refractivity contribution in [3.63, 3.8) is 0 Å². The van der Waals surface area contributed by atoms with E-state index in [1.165, 1.54) is 25.7 Å². The lowest BCUT2D eigenvalue weighted by Crippen LogP contribution is -2.51. The van der Waals surface area contributed by atoms with Gasteiger partial charge in [-0.2, -0.15) is 5.10 Å². The summed E-state index contributed by atoms with van der Waals surface area (Å²) in [4.78, 5) is 14.3. The van der Waals surface area contributed by atoms with E-state index < -0.39 is 0 Å². The Bertz CT molecular complexity index is 533. The van der Waals surface area contributed by atoms with Crippen LogP contribution in [0.1, 0.15) is 25.7 Å². The lowest BCUT2D eigenvalue weighted by Gasteiger charge is -2.33. The van der Waals surface area contributed by atoms with E-state index in [1.54, 1.807) is 6.20 Å². The van der Waals surface area contributed by atoms with Crippen molar-refractivity contribution in [2.24, 2.45) is 17.8 Å². The molecule has 2 amide bonds. The van der Waals surface area contributed by atoms with Gasteiger partial charge in [-0.3, -0.25) is 4.68 Å². The zero-order valence-electron chi connectivity index (χ0n) is 13.6. The number of hydrogen-bond donors (Lipinski definition) is 1. The molecular formula is C17H26N4O2. The largest absolute Gasteiger partial charge is 0.373 e. The Morgan fingerprint density at radius 2 is 2.30 bits per heavy atom. The monoisotopic (exact) mass is 318 g/mol. The van der Waals surface area contributed by atoms with Gasteiger partial charge in [0.1, 0.15) is 0 Å². The summed E-state index contributed by atoms with van der Waals surface area (Å²) in [6.45, 7) is 3.47. The highest BCUT2D eigenvalue weighted by atomic mass is 16.5. The van der Waals surface area contributed by atoms with Gasteiger partial charge >= 0.3 is 6.03 Å². The number of nitrogens with one attached hydrogen (secondary N) is 1. The molecule has 4 rings (SSSR count). The van der Waals surface area contributed by atoms with E-state index in [9.17, 15) is 4.79 Å². The van der Waals surface area contributed by atoms with Crippen molar-refractivity contribution in [1.29, 1.82) is 0 Å². The summed E-state index contributed by atoms with van der Waals surface area (Å²) < 4.78 is 7.63. The molecule has 0 radical (unpaired) electrons. The number of amides is 2. The zero-order chi connectivity index (χ0) is 15.6. The van der Waals surface area contributed by atoms with Crippen LogP contribution in [0.4, 0.5) is 4.79 Å². The highest BCUT2D eigenvalue weighted by molar-refractivity contribution is 5.74. The van der Waals surface area contributed by atoms with E-state index in [4.69, 9.17) is 4.74 Å². The molecule has 6 nitrogen and oxygen atoms in total. The fourth-order valence-electron chi connectivity index (χ4n) is 4.59. The molecule has 2 saturated carbocycles. The SMILES string of the molecule is O=C(NCC1CC2CCC1C2)N1CCOC(Cn2cccn2)C1. The summed E-state index contributed by atoms with van der Waals surface area (Å²) in [6, 6.07) is 1.98. The lowest BCUT2D eigenvalue weighted by molar-refractivity contribution is -0.0238. The Kier molecular flexibility index (Phi) is 4.25. The number of rotatable bonds is 4. The number of urea groups is 1. The average molecular weight is 318 g/mol. The first-order chi connectivity index (χ1) is 11.3. The van der Waals surface area contributed by atoms with Crippen molar-refractivity contribution in [3.05, 3.63) is 18.5 Å². The highest BCUT2D eigenvalue weighted by Gasteiger charge is 2.39. The third kappa shape index (κ3) is 3.37. The third-order valence-corrected chi connectivity index (χ3v) is 5.78. The molecule has 3 aliphatic rings. The lowest BCUT2D eigenvalue weighted by atomic mass is 9.89. The molecule has 4 atom stereocenters. The van der Waals surface area contributed by atoms with Gasteiger partial charge in [-0.25, -0.2) is 4.79 Å². The van der Waals surface area contributed by atoms with E-state index in [0.29, 0.717) is 32.2 Å². The number of fused-ring (bicyclic) bond motifs is 2. The zero-order valence-corrected chi connectivity index (χ0v) is 13.6. The molecule has 2 bridgehead atoms. The van der Waals surface area contributed by atoms with Crippen LogP contribution >= 0.6 is 0 Å². The maximum atomic E-state index is 12.4. The number of ether oxygens (including phenoxy) is 1. The predicted octanol–water partition coefficient (Wildman–Crippen LogP) is 1.73. The summed E-state index contributed by atoms with van der Waals surface area (Å²) in [5.74, 6) is 2.50. The number of nitrogens with zero attached hydrogens (tertiary/aromatic N) is 3. The fraction of sp³-hybridized carbons (Fsp3) is 0.765. The Hall–Kier alpha value is -1.56. The molecule has 1 aromatic rings. The minimum absolute atomic E-state index is 0.0249. The Morgan fingerprint density at radius 3 is 3.04 bits per heavy atom. The Labute approximate surface area is 137 Å². The molecule has 2 heterocycles. The molecule has 1 aliphatic heterocycles. The smallest absolute Gasteiger partial charge is 0.317 e. The van der Waals surface area contributed by atoms with Gasteiger partial charge in [-0.05, 0) is 43.1 Å². The summed E-state index contributed by atoms with van der Waals surface area (Å²) in [7, 11) is 0. The molecule has 1 saturated heterocycles. The molecule has 2 aliphatic carbocycles. The van der Waals surface area contributed by atoms with Crippen LogP contribution in [0, 0.1) is 17.8 Å². The van der Waals surface area contributed by atoms with Gasteiger partial charge in [0.15, 0.2) is 0 Å². The predicted molar refractivity (Wildman–Crippen MR) is 85.9 cm³/mol. The van der Waals surface area contributed by atoms with E-state index in [2.05, 4.69) is 10.4 Å². The van der Waals surface area contributed by atoms with Gasteiger partial charge < -0.3 is 15.0 Å². The van der Waals surface area contributed by atoms with Crippen molar-refractivity contribution in [3.8, 4) is 0 Å². The first-order valence-corrected chi connectivity index (χ1v) is 8.89. The van der Waals surface area contributed by atoms with E-state index in [0.717, 1.165) is 18.4 Å². The van der Waals surface area contributed by atoms with Crippen LogP contribution in [-0.4, -0.2) is 53.1 Å². The molecule has 1 aromatic heterocycles. The van der Waals surface area contributed by atoms with Gasteiger partial charge in [-0.15, -0.1) is 0 Å². The summed E-state index contributed by atoms with van der Waals surface area (Å²) in [6.07, 6.45) is 9.21. The average Bonchev–Trinajstić information content (AvgIpc) is 3.30.